The molecule has 1 N–H and O–H groups in total. The quantitative estimate of drug-likeness (QED) is 0.909. The Morgan fingerprint density at radius 2 is 2.04 bits per heavy atom. The summed E-state index contributed by atoms with van der Waals surface area (Å²) >= 11 is 0. The van der Waals surface area contributed by atoms with E-state index in [9.17, 15) is 13.2 Å². The van der Waals surface area contributed by atoms with Gasteiger partial charge in [0.1, 0.15) is 0 Å². The molecule has 3 aliphatic rings. The van der Waals surface area contributed by atoms with E-state index in [1.165, 1.54) is 12.8 Å². The van der Waals surface area contributed by atoms with Crippen LogP contribution in [-0.2, 0) is 14.8 Å². The van der Waals surface area contributed by atoms with Crippen LogP contribution in [0.4, 0.5) is 5.69 Å². The van der Waals surface area contributed by atoms with E-state index in [0.29, 0.717) is 23.2 Å². The number of aryl methyl sites for hydroxylation is 1. The van der Waals surface area contributed by atoms with Crippen molar-refractivity contribution in [3.8, 4) is 0 Å². The Balaban J connectivity index is 1.55. The van der Waals surface area contributed by atoms with Crippen LogP contribution in [0.15, 0.2) is 23.1 Å². The number of carbonyl (C=O) groups excluding carboxylic acids is 1. The van der Waals surface area contributed by atoms with Gasteiger partial charge in [-0.15, -0.1) is 0 Å². The van der Waals surface area contributed by atoms with Gasteiger partial charge in [-0.3, -0.25) is 4.79 Å². The summed E-state index contributed by atoms with van der Waals surface area (Å²) in [4.78, 5) is 14.0. The zero-order valence-electron chi connectivity index (χ0n) is 14.0. The molecule has 3 fully saturated rings. The molecule has 1 saturated heterocycles. The maximum absolute atomic E-state index is 12.7. The monoisotopic (exact) mass is 348 g/mol. The summed E-state index contributed by atoms with van der Waals surface area (Å²) in [6.45, 7) is 2.59. The molecule has 24 heavy (non-hydrogen) atoms. The Bertz CT molecular complexity index is 774. The van der Waals surface area contributed by atoms with Crippen molar-refractivity contribution in [2.24, 2.45) is 11.8 Å². The summed E-state index contributed by atoms with van der Waals surface area (Å²) in [5, 5.41) is 0. The summed E-state index contributed by atoms with van der Waals surface area (Å²) in [5.74, 6) is 1.33. The number of fused-ring (bicyclic) bond motifs is 2. The SMILES string of the molecule is Cc1cc(S(=O)(=O)N[C@@H]2C[C@H]3CC[C@H]2C3)ccc1N1CCCC1=O. The molecule has 1 aromatic carbocycles. The molecule has 1 aromatic rings. The van der Waals surface area contributed by atoms with Gasteiger partial charge in [0.25, 0.3) is 0 Å². The number of benzene rings is 1. The second kappa shape index (κ2) is 5.85. The van der Waals surface area contributed by atoms with Gasteiger partial charge < -0.3 is 4.90 Å². The van der Waals surface area contributed by atoms with Gasteiger partial charge in [-0.1, -0.05) is 6.42 Å². The first-order chi connectivity index (χ1) is 11.4. The molecule has 2 aliphatic carbocycles. The van der Waals surface area contributed by atoms with Crippen LogP contribution in [0, 0.1) is 18.8 Å². The van der Waals surface area contributed by atoms with Crippen molar-refractivity contribution < 1.29 is 13.2 Å². The zero-order chi connectivity index (χ0) is 16.9. The first kappa shape index (κ1) is 16.1. The van der Waals surface area contributed by atoms with E-state index >= 15 is 0 Å². The Kier molecular flexibility index (Phi) is 3.92. The molecule has 2 bridgehead atoms. The topological polar surface area (TPSA) is 66.5 Å². The third-order valence-electron chi connectivity index (χ3n) is 5.89. The predicted molar refractivity (Wildman–Crippen MR) is 92.3 cm³/mol. The van der Waals surface area contributed by atoms with E-state index in [-0.39, 0.29) is 11.9 Å². The van der Waals surface area contributed by atoms with Crippen LogP contribution >= 0.6 is 0 Å². The van der Waals surface area contributed by atoms with Crippen LogP contribution in [0.3, 0.4) is 0 Å². The van der Waals surface area contributed by atoms with Gasteiger partial charge in [-0.2, -0.15) is 0 Å². The maximum Gasteiger partial charge on any atom is 0.240 e. The van der Waals surface area contributed by atoms with Crippen LogP contribution in [0.5, 0.6) is 0 Å². The van der Waals surface area contributed by atoms with Crippen molar-refractivity contribution in [1.82, 2.24) is 4.72 Å². The van der Waals surface area contributed by atoms with Gasteiger partial charge in [-0.05, 0) is 68.2 Å². The van der Waals surface area contributed by atoms with Crippen LogP contribution in [0.1, 0.15) is 44.1 Å². The average Bonchev–Trinajstić information content (AvgIpc) is 3.24. The highest BCUT2D eigenvalue weighted by Gasteiger charge is 2.41. The summed E-state index contributed by atoms with van der Waals surface area (Å²) in [6.07, 6.45) is 5.98. The van der Waals surface area contributed by atoms with Crippen molar-refractivity contribution in [3.63, 3.8) is 0 Å². The van der Waals surface area contributed by atoms with Gasteiger partial charge in [0.05, 0.1) is 4.90 Å². The fraction of sp³-hybridized carbons (Fsp3) is 0.611. The van der Waals surface area contributed by atoms with Gasteiger partial charge >= 0.3 is 0 Å². The lowest BCUT2D eigenvalue weighted by Gasteiger charge is -2.23. The molecule has 3 atom stereocenters. The molecule has 2 saturated carbocycles. The number of hydrogen-bond donors (Lipinski definition) is 1. The third kappa shape index (κ3) is 2.75. The van der Waals surface area contributed by atoms with E-state index in [1.54, 1.807) is 23.1 Å². The van der Waals surface area contributed by atoms with Crippen molar-refractivity contribution in [3.05, 3.63) is 23.8 Å². The summed E-state index contributed by atoms with van der Waals surface area (Å²) in [5.41, 5.74) is 1.66. The molecule has 1 heterocycles. The number of sulfonamides is 1. The first-order valence-corrected chi connectivity index (χ1v) is 10.4. The largest absolute Gasteiger partial charge is 0.312 e. The standard InChI is InChI=1S/C18H24N2O3S/c1-12-9-15(6-7-17(12)20-8-2-3-18(20)21)24(22,23)19-16-11-13-4-5-14(16)10-13/h6-7,9,13-14,16,19H,2-5,8,10-11H2,1H3/t13-,14-,16+/m0/s1. The average molecular weight is 348 g/mol. The van der Waals surface area contributed by atoms with Crippen molar-refractivity contribution in [2.45, 2.75) is 56.4 Å². The lowest BCUT2D eigenvalue weighted by atomic mass is 9.96. The van der Waals surface area contributed by atoms with Crippen molar-refractivity contribution >= 4 is 21.6 Å². The zero-order valence-corrected chi connectivity index (χ0v) is 14.8. The Morgan fingerprint density at radius 3 is 2.62 bits per heavy atom. The van der Waals surface area contributed by atoms with Crippen LogP contribution in [0.25, 0.3) is 0 Å². The number of anilines is 1. The highest BCUT2D eigenvalue weighted by molar-refractivity contribution is 7.89. The van der Waals surface area contributed by atoms with E-state index in [4.69, 9.17) is 0 Å². The van der Waals surface area contributed by atoms with Crippen LogP contribution in [-0.4, -0.2) is 26.9 Å². The van der Waals surface area contributed by atoms with Gasteiger partial charge in [0.15, 0.2) is 0 Å². The van der Waals surface area contributed by atoms with Crippen molar-refractivity contribution in [1.29, 1.82) is 0 Å². The highest BCUT2D eigenvalue weighted by atomic mass is 32.2. The third-order valence-corrected chi connectivity index (χ3v) is 7.37. The minimum absolute atomic E-state index is 0.0916. The maximum atomic E-state index is 12.7. The fourth-order valence-electron chi connectivity index (χ4n) is 4.66. The summed E-state index contributed by atoms with van der Waals surface area (Å²) < 4.78 is 28.4. The second-order valence-electron chi connectivity index (χ2n) is 7.50. The molecule has 0 spiro atoms. The number of carbonyl (C=O) groups is 1. The minimum atomic E-state index is -3.50. The minimum Gasteiger partial charge on any atom is -0.312 e. The smallest absolute Gasteiger partial charge is 0.240 e. The lowest BCUT2D eigenvalue weighted by molar-refractivity contribution is -0.117. The molecular formula is C18H24N2O3S. The Labute approximate surface area is 143 Å². The fourth-order valence-corrected chi connectivity index (χ4v) is 6.06. The van der Waals surface area contributed by atoms with Crippen molar-refractivity contribution in [2.75, 3.05) is 11.4 Å². The number of amides is 1. The molecular weight excluding hydrogens is 324 g/mol. The lowest BCUT2D eigenvalue weighted by Crippen LogP contribution is -2.38. The molecule has 1 aliphatic heterocycles. The predicted octanol–water partition coefficient (Wildman–Crippen LogP) is 2.59. The number of hydrogen-bond acceptors (Lipinski definition) is 3. The Morgan fingerprint density at radius 1 is 1.21 bits per heavy atom. The number of rotatable bonds is 4. The molecule has 0 radical (unpaired) electrons. The molecule has 130 valence electrons. The Hall–Kier alpha value is -1.40. The van der Waals surface area contributed by atoms with E-state index in [1.807, 2.05) is 6.92 Å². The number of nitrogens with zero attached hydrogens (tertiary/aromatic N) is 1. The molecule has 0 aromatic heterocycles. The van der Waals surface area contributed by atoms with Crippen LogP contribution < -0.4 is 9.62 Å². The summed E-state index contributed by atoms with van der Waals surface area (Å²) in [6, 6.07) is 5.18. The normalized spacial score (nSPS) is 29.6. The van der Waals surface area contributed by atoms with E-state index in [0.717, 1.165) is 37.1 Å². The number of nitrogens with one attached hydrogen (secondary N) is 1. The summed E-state index contributed by atoms with van der Waals surface area (Å²) in [7, 11) is -3.50. The van der Waals surface area contributed by atoms with Gasteiger partial charge in [0, 0.05) is 24.7 Å². The van der Waals surface area contributed by atoms with E-state index < -0.39 is 10.0 Å². The molecule has 1 amide bonds. The molecule has 4 rings (SSSR count). The van der Waals surface area contributed by atoms with Gasteiger partial charge in [-0.25, -0.2) is 13.1 Å². The van der Waals surface area contributed by atoms with Gasteiger partial charge in [0.2, 0.25) is 15.9 Å². The second-order valence-corrected chi connectivity index (χ2v) is 9.21. The first-order valence-electron chi connectivity index (χ1n) is 8.87. The highest BCUT2D eigenvalue weighted by Crippen LogP contribution is 2.44. The van der Waals surface area contributed by atoms with E-state index in [2.05, 4.69) is 4.72 Å². The van der Waals surface area contributed by atoms with Crippen LogP contribution in [0.2, 0.25) is 0 Å². The molecule has 5 nitrogen and oxygen atoms in total. The molecule has 0 unspecified atom stereocenters. The molecule has 6 heteroatoms.